The minimum atomic E-state index is -1.23. The highest BCUT2D eigenvalue weighted by Gasteiger charge is 2.44. The van der Waals surface area contributed by atoms with Crippen LogP contribution >= 0.6 is 11.8 Å². The highest BCUT2D eigenvalue weighted by atomic mass is 32.2. The Bertz CT molecular complexity index is 271. The monoisotopic (exact) mass is 264 g/mol. The van der Waals surface area contributed by atoms with E-state index in [9.17, 15) is 20.1 Å². The molecule has 0 bridgehead atoms. The molecule has 0 spiro atoms. The summed E-state index contributed by atoms with van der Waals surface area (Å²) in [5, 5.41) is 29.2. The number of aliphatic hydroxyl groups excluding tert-OH is 3. The van der Waals surface area contributed by atoms with Gasteiger partial charge < -0.3 is 20.1 Å². The van der Waals surface area contributed by atoms with Crippen molar-refractivity contribution >= 4 is 16.9 Å². The first-order valence-electron chi connectivity index (χ1n) is 5.67. The number of ether oxygens (including phenoxy) is 1. The Morgan fingerprint density at radius 2 is 1.82 bits per heavy atom. The van der Waals surface area contributed by atoms with Gasteiger partial charge >= 0.3 is 0 Å². The van der Waals surface area contributed by atoms with Crippen molar-refractivity contribution in [2.24, 2.45) is 5.92 Å². The SMILES string of the molecule is CC(=O)SCC1O[C@@H](C(C)C)C(O)[C@@H](O)[C@H]1O. The first kappa shape index (κ1) is 14.9. The number of carbonyl (C=O) groups is 1. The van der Waals surface area contributed by atoms with E-state index in [-0.39, 0.29) is 16.8 Å². The summed E-state index contributed by atoms with van der Waals surface area (Å²) in [6.45, 7) is 5.17. The number of rotatable bonds is 3. The minimum Gasteiger partial charge on any atom is -0.388 e. The Hall–Kier alpha value is -0.140. The van der Waals surface area contributed by atoms with Crippen LogP contribution in [0.25, 0.3) is 0 Å². The summed E-state index contributed by atoms with van der Waals surface area (Å²) in [7, 11) is 0. The van der Waals surface area contributed by atoms with E-state index in [2.05, 4.69) is 0 Å². The van der Waals surface area contributed by atoms with Gasteiger partial charge in [0.25, 0.3) is 0 Å². The maximum atomic E-state index is 10.9. The van der Waals surface area contributed by atoms with Crippen LogP contribution < -0.4 is 0 Å². The number of carbonyl (C=O) groups excluding carboxylic acids is 1. The third kappa shape index (κ3) is 3.66. The normalized spacial score (nSPS) is 38.4. The van der Waals surface area contributed by atoms with Gasteiger partial charge in [0.1, 0.15) is 18.3 Å². The molecule has 0 amide bonds. The van der Waals surface area contributed by atoms with Crippen molar-refractivity contribution in [2.75, 3.05) is 5.75 Å². The van der Waals surface area contributed by atoms with E-state index >= 15 is 0 Å². The second-order valence-electron chi connectivity index (χ2n) is 4.66. The van der Waals surface area contributed by atoms with Crippen molar-refractivity contribution < 1.29 is 24.9 Å². The molecule has 17 heavy (non-hydrogen) atoms. The van der Waals surface area contributed by atoms with Gasteiger partial charge in [-0.25, -0.2) is 0 Å². The van der Waals surface area contributed by atoms with Crippen LogP contribution in [0.1, 0.15) is 20.8 Å². The quantitative estimate of drug-likeness (QED) is 0.653. The smallest absolute Gasteiger partial charge is 0.185 e. The lowest BCUT2D eigenvalue weighted by atomic mass is 9.90. The molecule has 0 aromatic heterocycles. The molecule has 1 fully saturated rings. The molecule has 0 radical (unpaired) electrons. The molecule has 1 saturated heterocycles. The summed E-state index contributed by atoms with van der Waals surface area (Å²) in [5.41, 5.74) is 0. The number of hydrogen-bond acceptors (Lipinski definition) is 6. The van der Waals surface area contributed by atoms with E-state index in [4.69, 9.17) is 4.74 Å². The van der Waals surface area contributed by atoms with Gasteiger partial charge in [-0.15, -0.1) is 0 Å². The van der Waals surface area contributed by atoms with Gasteiger partial charge in [0.2, 0.25) is 0 Å². The Morgan fingerprint density at radius 1 is 1.24 bits per heavy atom. The van der Waals surface area contributed by atoms with Crippen LogP contribution in [0.4, 0.5) is 0 Å². The van der Waals surface area contributed by atoms with Gasteiger partial charge in [0, 0.05) is 12.7 Å². The van der Waals surface area contributed by atoms with Crippen LogP contribution in [0.15, 0.2) is 0 Å². The van der Waals surface area contributed by atoms with Crippen molar-refractivity contribution in [3.8, 4) is 0 Å². The molecule has 0 saturated carbocycles. The van der Waals surface area contributed by atoms with Crippen molar-refractivity contribution in [3.63, 3.8) is 0 Å². The predicted octanol–water partition coefficient (Wildman–Crippen LogP) is -0.228. The van der Waals surface area contributed by atoms with E-state index in [0.717, 1.165) is 11.8 Å². The fourth-order valence-electron chi connectivity index (χ4n) is 1.87. The van der Waals surface area contributed by atoms with E-state index in [1.807, 2.05) is 13.8 Å². The van der Waals surface area contributed by atoms with Crippen LogP contribution in [-0.4, -0.2) is 56.7 Å². The Balaban J connectivity index is 2.67. The molecular weight excluding hydrogens is 244 g/mol. The highest BCUT2D eigenvalue weighted by Crippen LogP contribution is 2.27. The molecule has 0 aromatic rings. The maximum Gasteiger partial charge on any atom is 0.185 e. The largest absolute Gasteiger partial charge is 0.388 e. The molecular formula is C11H20O5S. The molecule has 6 heteroatoms. The van der Waals surface area contributed by atoms with E-state index in [1.165, 1.54) is 6.92 Å². The Labute approximate surface area is 105 Å². The average Bonchev–Trinajstić information content (AvgIpc) is 2.24. The van der Waals surface area contributed by atoms with E-state index in [0.29, 0.717) is 0 Å². The van der Waals surface area contributed by atoms with Crippen LogP contribution in [0, 0.1) is 5.92 Å². The van der Waals surface area contributed by atoms with Crippen molar-refractivity contribution in [3.05, 3.63) is 0 Å². The molecule has 0 aromatic carbocycles. The molecule has 2 unspecified atom stereocenters. The van der Waals surface area contributed by atoms with Crippen LogP contribution in [-0.2, 0) is 9.53 Å². The fourth-order valence-corrected chi connectivity index (χ4v) is 2.54. The zero-order valence-corrected chi connectivity index (χ0v) is 11.1. The number of aliphatic hydroxyl groups is 3. The third-order valence-corrected chi connectivity index (χ3v) is 3.76. The zero-order valence-electron chi connectivity index (χ0n) is 10.2. The first-order chi connectivity index (χ1) is 7.84. The van der Waals surface area contributed by atoms with Crippen LogP contribution in [0.3, 0.4) is 0 Å². The summed E-state index contributed by atoms with van der Waals surface area (Å²) in [6, 6.07) is 0. The summed E-state index contributed by atoms with van der Waals surface area (Å²) in [4.78, 5) is 10.9. The third-order valence-electron chi connectivity index (χ3n) is 2.86. The maximum absolute atomic E-state index is 10.9. The van der Waals surface area contributed by atoms with Gasteiger partial charge in [0.15, 0.2) is 5.12 Å². The van der Waals surface area contributed by atoms with Gasteiger partial charge in [0.05, 0.1) is 12.2 Å². The molecule has 1 aliphatic rings. The first-order valence-corrected chi connectivity index (χ1v) is 6.66. The van der Waals surface area contributed by atoms with Gasteiger partial charge in [-0.05, 0) is 5.92 Å². The topological polar surface area (TPSA) is 87.0 Å². The highest BCUT2D eigenvalue weighted by molar-refractivity contribution is 8.13. The van der Waals surface area contributed by atoms with Crippen molar-refractivity contribution in [1.29, 1.82) is 0 Å². The summed E-state index contributed by atoms with van der Waals surface area (Å²) >= 11 is 1.04. The number of thioether (sulfide) groups is 1. The molecule has 0 aliphatic carbocycles. The number of hydrogen-bond donors (Lipinski definition) is 3. The van der Waals surface area contributed by atoms with Crippen molar-refractivity contribution in [1.82, 2.24) is 0 Å². The molecule has 5 atom stereocenters. The van der Waals surface area contributed by atoms with Gasteiger partial charge in [-0.1, -0.05) is 25.6 Å². The van der Waals surface area contributed by atoms with Crippen LogP contribution in [0.2, 0.25) is 0 Å². The summed E-state index contributed by atoms with van der Waals surface area (Å²) in [6.07, 6.45) is -4.63. The predicted molar refractivity (Wildman–Crippen MR) is 64.7 cm³/mol. The lowest BCUT2D eigenvalue weighted by Gasteiger charge is -2.42. The van der Waals surface area contributed by atoms with E-state index in [1.54, 1.807) is 0 Å². The Morgan fingerprint density at radius 3 is 2.29 bits per heavy atom. The van der Waals surface area contributed by atoms with E-state index < -0.39 is 30.5 Å². The standard InChI is InChI=1S/C11H20O5S/c1-5(2)11-10(15)9(14)8(13)7(16-11)4-17-6(3)12/h5,7-11,13-15H,4H2,1-3H3/t7?,8-,9-,10?,11-/m0/s1. The minimum absolute atomic E-state index is 0.0250. The second kappa shape index (κ2) is 6.15. The summed E-state index contributed by atoms with van der Waals surface area (Å²) < 4.78 is 5.56. The molecule has 5 nitrogen and oxygen atoms in total. The average molecular weight is 264 g/mol. The molecule has 1 heterocycles. The second-order valence-corrected chi connectivity index (χ2v) is 5.85. The lowest BCUT2D eigenvalue weighted by molar-refractivity contribution is -0.225. The molecule has 1 aliphatic heterocycles. The lowest BCUT2D eigenvalue weighted by Crippen LogP contribution is -2.59. The fraction of sp³-hybridized carbons (Fsp3) is 0.909. The summed E-state index contributed by atoms with van der Waals surface area (Å²) in [5.74, 6) is 0.306. The van der Waals surface area contributed by atoms with Crippen LogP contribution in [0.5, 0.6) is 0 Å². The molecule has 100 valence electrons. The van der Waals surface area contributed by atoms with Gasteiger partial charge in [-0.3, -0.25) is 4.79 Å². The zero-order chi connectivity index (χ0) is 13.2. The van der Waals surface area contributed by atoms with Gasteiger partial charge in [-0.2, -0.15) is 0 Å². The molecule has 1 rings (SSSR count). The van der Waals surface area contributed by atoms with Crippen molar-refractivity contribution in [2.45, 2.75) is 51.3 Å². The molecule has 3 N–H and O–H groups in total. The Kier molecular flexibility index (Phi) is 5.40.